The molecule has 0 saturated carbocycles. The van der Waals surface area contributed by atoms with Gasteiger partial charge in [-0.15, -0.1) is 0 Å². The van der Waals surface area contributed by atoms with Crippen LogP contribution in [0.15, 0.2) is 48.5 Å². The molecule has 2 aromatic carbocycles. The molecule has 1 aliphatic heterocycles. The zero-order chi connectivity index (χ0) is 17.2. The van der Waals surface area contributed by atoms with Crippen molar-refractivity contribution in [3.05, 3.63) is 64.1 Å². The van der Waals surface area contributed by atoms with Crippen LogP contribution in [0.4, 0.5) is 5.69 Å². The molecule has 24 heavy (non-hydrogen) atoms. The number of benzene rings is 2. The Hall–Kier alpha value is -1.27. The van der Waals surface area contributed by atoms with Gasteiger partial charge in [-0.1, -0.05) is 41.4 Å². The minimum absolute atomic E-state index is 0.00132. The van der Waals surface area contributed by atoms with E-state index < -0.39 is 10.0 Å². The van der Waals surface area contributed by atoms with Crippen molar-refractivity contribution >= 4 is 38.9 Å². The summed E-state index contributed by atoms with van der Waals surface area (Å²) in [6.45, 7) is 2.26. The Morgan fingerprint density at radius 1 is 0.875 bits per heavy atom. The van der Waals surface area contributed by atoms with Gasteiger partial charge < -0.3 is 4.90 Å². The molecule has 0 aromatic heterocycles. The van der Waals surface area contributed by atoms with Crippen molar-refractivity contribution < 1.29 is 8.42 Å². The van der Waals surface area contributed by atoms with Crippen molar-refractivity contribution in [3.63, 3.8) is 0 Å². The highest BCUT2D eigenvalue weighted by Crippen LogP contribution is 2.22. The molecule has 0 radical (unpaired) electrons. The fourth-order valence-electron chi connectivity index (χ4n) is 2.78. The lowest BCUT2D eigenvalue weighted by molar-refractivity contribution is 0.384. The average molecular weight is 385 g/mol. The van der Waals surface area contributed by atoms with Gasteiger partial charge in [-0.3, -0.25) is 0 Å². The number of sulfonamides is 1. The molecule has 1 aliphatic rings. The molecule has 1 fully saturated rings. The molecule has 1 saturated heterocycles. The van der Waals surface area contributed by atoms with E-state index in [9.17, 15) is 8.42 Å². The fraction of sp³-hybridized carbons (Fsp3) is 0.294. The molecule has 0 unspecified atom stereocenters. The number of hydrogen-bond donors (Lipinski definition) is 0. The number of hydrogen-bond acceptors (Lipinski definition) is 3. The van der Waals surface area contributed by atoms with Gasteiger partial charge >= 0.3 is 0 Å². The van der Waals surface area contributed by atoms with Gasteiger partial charge in [-0.25, -0.2) is 8.42 Å². The monoisotopic (exact) mass is 384 g/mol. The summed E-state index contributed by atoms with van der Waals surface area (Å²) in [6.07, 6.45) is 0. The van der Waals surface area contributed by atoms with Gasteiger partial charge in [0.25, 0.3) is 0 Å². The molecule has 3 rings (SSSR count). The van der Waals surface area contributed by atoms with E-state index in [0.717, 1.165) is 11.3 Å². The molecular weight excluding hydrogens is 367 g/mol. The fourth-order valence-corrected chi connectivity index (χ4v) is 4.61. The first-order chi connectivity index (χ1) is 11.4. The number of halogens is 2. The van der Waals surface area contributed by atoms with E-state index >= 15 is 0 Å². The van der Waals surface area contributed by atoms with Gasteiger partial charge in [0.2, 0.25) is 10.0 Å². The zero-order valence-electron chi connectivity index (χ0n) is 13.0. The van der Waals surface area contributed by atoms with Crippen molar-refractivity contribution in [1.82, 2.24) is 4.31 Å². The van der Waals surface area contributed by atoms with Crippen LogP contribution in [-0.2, 0) is 15.8 Å². The van der Waals surface area contributed by atoms with Crippen molar-refractivity contribution in [2.24, 2.45) is 0 Å². The molecule has 1 heterocycles. The van der Waals surface area contributed by atoms with Crippen LogP contribution in [0.25, 0.3) is 0 Å². The molecule has 0 atom stereocenters. The Balaban J connectivity index is 1.64. The molecule has 2 aromatic rings. The first-order valence-electron chi connectivity index (χ1n) is 7.67. The van der Waals surface area contributed by atoms with E-state index in [1.54, 1.807) is 28.6 Å². The predicted molar refractivity (Wildman–Crippen MR) is 99.3 cm³/mol. The molecule has 128 valence electrons. The van der Waals surface area contributed by atoms with Gasteiger partial charge in [0.1, 0.15) is 0 Å². The molecule has 7 heteroatoms. The standard InChI is InChI=1S/C17H18Cl2N2O2S/c18-15-6-4-14(5-7-15)13-24(22,23)21-10-8-20(9-11-21)17-3-1-2-16(19)12-17/h1-7,12H,8-11,13H2. The Labute approximate surface area is 152 Å². The first kappa shape index (κ1) is 17.5. The van der Waals surface area contributed by atoms with Crippen LogP contribution in [0.2, 0.25) is 10.0 Å². The maximum atomic E-state index is 12.6. The van der Waals surface area contributed by atoms with Crippen LogP contribution in [0, 0.1) is 0 Å². The molecule has 0 aliphatic carbocycles. The van der Waals surface area contributed by atoms with Gasteiger partial charge in [0.05, 0.1) is 5.75 Å². The van der Waals surface area contributed by atoms with Gasteiger partial charge in [-0.05, 0) is 35.9 Å². The van der Waals surface area contributed by atoms with E-state index in [0.29, 0.717) is 36.2 Å². The van der Waals surface area contributed by atoms with E-state index in [2.05, 4.69) is 4.90 Å². The van der Waals surface area contributed by atoms with Crippen molar-refractivity contribution in [3.8, 4) is 0 Å². The Morgan fingerprint density at radius 2 is 1.54 bits per heavy atom. The van der Waals surface area contributed by atoms with E-state index in [4.69, 9.17) is 23.2 Å². The van der Waals surface area contributed by atoms with E-state index in [-0.39, 0.29) is 5.75 Å². The molecule has 0 spiro atoms. The second kappa shape index (κ2) is 7.31. The number of piperazine rings is 1. The van der Waals surface area contributed by atoms with Crippen molar-refractivity contribution in [2.75, 3.05) is 31.1 Å². The quantitative estimate of drug-likeness (QED) is 0.807. The number of anilines is 1. The van der Waals surface area contributed by atoms with E-state index in [1.165, 1.54) is 0 Å². The SMILES string of the molecule is O=S(=O)(Cc1ccc(Cl)cc1)N1CCN(c2cccc(Cl)c2)CC1. The van der Waals surface area contributed by atoms with Crippen LogP contribution in [-0.4, -0.2) is 38.9 Å². The molecule has 0 amide bonds. The van der Waals surface area contributed by atoms with Crippen LogP contribution >= 0.6 is 23.2 Å². The Bertz CT molecular complexity index is 802. The van der Waals surface area contributed by atoms with Crippen LogP contribution < -0.4 is 4.90 Å². The third-order valence-corrected chi connectivity index (χ3v) is 6.40. The number of nitrogens with zero attached hydrogens (tertiary/aromatic N) is 2. The van der Waals surface area contributed by atoms with E-state index in [1.807, 2.05) is 24.3 Å². The largest absolute Gasteiger partial charge is 0.369 e. The summed E-state index contributed by atoms with van der Waals surface area (Å²) in [5.41, 5.74) is 1.77. The van der Waals surface area contributed by atoms with Crippen molar-refractivity contribution in [2.45, 2.75) is 5.75 Å². The lowest BCUT2D eigenvalue weighted by Crippen LogP contribution is -2.49. The second-order valence-electron chi connectivity index (χ2n) is 5.75. The summed E-state index contributed by atoms with van der Waals surface area (Å²) in [7, 11) is -3.33. The summed E-state index contributed by atoms with van der Waals surface area (Å²) in [6, 6.07) is 14.6. The summed E-state index contributed by atoms with van der Waals surface area (Å²) in [5.74, 6) is 0.00132. The Kier molecular flexibility index (Phi) is 5.35. The highest BCUT2D eigenvalue weighted by atomic mass is 35.5. The minimum atomic E-state index is -3.33. The second-order valence-corrected chi connectivity index (χ2v) is 8.59. The lowest BCUT2D eigenvalue weighted by atomic mass is 10.2. The number of rotatable bonds is 4. The maximum Gasteiger partial charge on any atom is 0.218 e. The molecule has 0 N–H and O–H groups in total. The highest BCUT2D eigenvalue weighted by Gasteiger charge is 2.27. The first-order valence-corrected chi connectivity index (χ1v) is 10.0. The van der Waals surface area contributed by atoms with Gasteiger partial charge in [0, 0.05) is 41.9 Å². The minimum Gasteiger partial charge on any atom is -0.369 e. The van der Waals surface area contributed by atoms with Crippen LogP contribution in [0.5, 0.6) is 0 Å². The summed E-state index contributed by atoms with van der Waals surface area (Å²) >= 11 is 11.9. The van der Waals surface area contributed by atoms with Gasteiger partial charge in [-0.2, -0.15) is 4.31 Å². The summed E-state index contributed by atoms with van der Waals surface area (Å²) in [4.78, 5) is 2.15. The van der Waals surface area contributed by atoms with Crippen molar-refractivity contribution in [1.29, 1.82) is 0 Å². The van der Waals surface area contributed by atoms with Crippen LogP contribution in [0.1, 0.15) is 5.56 Å². The third-order valence-electron chi connectivity index (χ3n) is 4.07. The lowest BCUT2D eigenvalue weighted by Gasteiger charge is -2.35. The highest BCUT2D eigenvalue weighted by molar-refractivity contribution is 7.88. The van der Waals surface area contributed by atoms with Gasteiger partial charge in [0.15, 0.2) is 0 Å². The third kappa shape index (κ3) is 4.22. The maximum absolute atomic E-state index is 12.6. The van der Waals surface area contributed by atoms with Crippen LogP contribution in [0.3, 0.4) is 0 Å². The smallest absolute Gasteiger partial charge is 0.218 e. The average Bonchev–Trinajstić information content (AvgIpc) is 2.57. The molecular formula is C17H18Cl2N2O2S. The Morgan fingerprint density at radius 3 is 2.17 bits per heavy atom. The summed E-state index contributed by atoms with van der Waals surface area (Å²) in [5, 5.41) is 1.29. The zero-order valence-corrected chi connectivity index (χ0v) is 15.4. The predicted octanol–water partition coefficient (Wildman–Crippen LogP) is 3.65. The topological polar surface area (TPSA) is 40.6 Å². The normalized spacial score (nSPS) is 16.3. The molecule has 0 bridgehead atoms. The molecule has 4 nitrogen and oxygen atoms in total. The summed E-state index contributed by atoms with van der Waals surface area (Å²) < 4.78 is 26.7.